The number of benzene rings is 6. The Hall–Kier alpha value is -8.46. The molecule has 15 heteroatoms. The van der Waals surface area contributed by atoms with Gasteiger partial charge in [-0.05, 0) is 71.3 Å². The van der Waals surface area contributed by atoms with Crippen LogP contribution in [-0.4, -0.2) is 72.4 Å². The van der Waals surface area contributed by atoms with Crippen molar-refractivity contribution in [2.45, 2.75) is 11.4 Å². The summed E-state index contributed by atoms with van der Waals surface area (Å²) in [6, 6.07) is 33.9. The molecule has 0 aliphatic heterocycles. The minimum absolute atomic E-state index is 0.333. The van der Waals surface area contributed by atoms with Gasteiger partial charge < -0.3 is 44.8 Å². The van der Waals surface area contributed by atoms with E-state index >= 15 is 0 Å². The van der Waals surface area contributed by atoms with E-state index in [1.54, 1.807) is 91.0 Å². The lowest BCUT2D eigenvalue weighted by Crippen LogP contribution is -2.65. The lowest BCUT2D eigenvalue weighted by molar-refractivity contribution is -0.280. The number of carboxylic acid groups (broad SMARTS) is 6. The first-order valence-electron chi connectivity index (χ1n) is 17.2. The van der Waals surface area contributed by atoms with Gasteiger partial charge >= 0.3 is 41.8 Å². The number of hydrogen-bond acceptors (Lipinski definition) is 9. The van der Waals surface area contributed by atoms with Crippen LogP contribution in [0.1, 0.15) is 78.8 Å². The van der Waals surface area contributed by atoms with E-state index in [0.717, 1.165) is 54.6 Å². The Labute approximate surface area is 333 Å². The van der Waals surface area contributed by atoms with Gasteiger partial charge in [0.15, 0.2) is 5.41 Å². The maximum absolute atomic E-state index is 12.5. The molecule has 6 N–H and O–H groups in total. The predicted molar refractivity (Wildman–Crippen MR) is 205 cm³/mol. The number of carbonyl (C=O) groups is 6. The van der Waals surface area contributed by atoms with E-state index in [0.29, 0.717) is 16.7 Å². The van der Waals surface area contributed by atoms with Gasteiger partial charge in [0.2, 0.25) is 0 Å². The third kappa shape index (κ3) is 7.71. The molecule has 0 saturated carbocycles. The molecular weight excluding hydrogens is 768 g/mol. The number of carboxylic acids is 6. The summed E-state index contributed by atoms with van der Waals surface area (Å²) in [4.78, 5) is 73.8. The van der Waals surface area contributed by atoms with Gasteiger partial charge in [-0.15, -0.1) is 0 Å². The van der Waals surface area contributed by atoms with E-state index in [4.69, 9.17) is 14.2 Å². The zero-order valence-electron chi connectivity index (χ0n) is 30.2. The summed E-state index contributed by atoms with van der Waals surface area (Å²) in [7, 11) is 0. The minimum atomic E-state index is -2.89. The van der Waals surface area contributed by atoms with Crippen LogP contribution in [0.3, 0.4) is 0 Å². The van der Waals surface area contributed by atoms with Crippen molar-refractivity contribution in [2.75, 3.05) is 0 Å². The van der Waals surface area contributed by atoms with Gasteiger partial charge in [0.05, 0.1) is 33.4 Å². The van der Waals surface area contributed by atoms with E-state index < -0.39 is 97.8 Å². The molecule has 15 nitrogen and oxygen atoms in total. The third-order valence-corrected chi connectivity index (χ3v) is 9.19. The Bertz CT molecular complexity index is 2320. The molecule has 0 aliphatic carbocycles. The fourth-order valence-electron chi connectivity index (χ4n) is 6.70. The molecule has 0 unspecified atom stereocenters. The van der Waals surface area contributed by atoms with E-state index in [2.05, 4.69) is 0 Å². The summed E-state index contributed by atoms with van der Waals surface area (Å²) in [5.41, 5.74) is -5.05. The fourth-order valence-corrected chi connectivity index (χ4v) is 6.70. The highest BCUT2D eigenvalue weighted by Crippen LogP contribution is 2.51. The summed E-state index contributed by atoms with van der Waals surface area (Å²) < 4.78 is 20.4. The molecule has 6 aromatic carbocycles. The minimum Gasteiger partial charge on any atom is -0.478 e. The van der Waals surface area contributed by atoms with Crippen molar-refractivity contribution in [3.8, 4) is 17.2 Å². The molecule has 0 radical (unpaired) electrons. The zero-order valence-corrected chi connectivity index (χ0v) is 30.2. The Morgan fingerprint density at radius 2 is 0.559 bits per heavy atom. The molecule has 0 spiro atoms. The van der Waals surface area contributed by atoms with E-state index in [1.807, 2.05) is 0 Å². The Kier molecular flexibility index (Phi) is 11.1. The highest BCUT2D eigenvalue weighted by Gasteiger charge is 2.63. The first kappa shape index (κ1) is 40.2. The monoisotopic (exact) mass is 798 g/mol. The van der Waals surface area contributed by atoms with Crippen LogP contribution in [0.4, 0.5) is 0 Å². The van der Waals surface area contributed by atoms with Crippen LogP contribution in [0, 0.1) is 0 Å². The smallest absolute Gasteiger partial charge is 0.436 e. The average molecular weight is 799 g/mol. The summed E-state index contributed by atoms with van der Waals surface area (Å²) >= 11 is 0. The van der Waals surface area contributed by atoms with Crippen LogP contribution in [0.15, 0.2) is 146 Å². The summed E-state index contributed by atoms with van der Waals surface area (Å²) in [6.45, 7) is 0. The lowest BCUT2D eigenvalue weighted by atomic mass is 9.67. The highest BCUT2D eigenvalue weighted by atomic mass is 16.9. The zero-order chi connectivity index (χ0) is 42.5. The first-order valence-corrected chi connectivity index (χ1v) is 17.2. The molecular formula is C44H30O15. The van der Waals surface area contributed by atoms with Crippen LogP contribution in [-0.2, 0) is 5.41 Å². The number of aromatic carboxylic acids is 6. The molecule has 296 valence electrons. The van der Waals surface area contributed by atoms with Crippen LogP contribution < -0.4 is 14.2 Å². The van der Waals surface area contributed by atoms with Crippen molar-refractivity contribution < 1.29 is 73.6 Å². The number of hydrogen-bond donors (Lipinski definition) is 6. The second kappa shape index (κ2) is 16.3. The van der Waals surface area contributed by atoms with Crippen molar-refractivity contribution in [2.24, 2.45) is 0 Å². The summed E-state index contributed by atoms with van der Waals surface area (Å²) in [5, 5.41) is 59.9. The summed E-state index contributed by atoms with van der Waals surface area (Å²) in [6.07, 6.45) is 0. The van der Waals surface area contributed by atoms with Crippen molar-refractivity contribution >= 4 is 35.8 Å². The van der Waals surface area contributed by atoms with Crippen LogP contribution in [0.25, 0.3) is 0 Å². The standard InChI is InChI=1S/C44H30O15/c45-37(46)31-19-16-28(22-34(31)40(51)52)57-44(58-29-17-20-32(38(47)48)35(23-29)41(53)54,59-30-18-21-33(39(49)50)36(24-30)42(55)56)43(25-10-4-1-5-11-25,26-12-6-2-7-13-26)27-14-8-3-9-15-27/h1-24H,(H,45,46)(H,47,48)(H,49,50)(H,51,52)(H,53,54)(H,55,56). The molecule has 0 amide bonds. The Morgan fingerprint density at radius 1 is 0.322 bits per heavy atom. The molecule has 0 aliphatic rings. The molecule has 6 aromatic rings. The van der Waals surface area contributed by atoms with Crippen molar-refractivity contribution in [3.63, 3.8) is 0 Å². The van der Waals surface area contributed by atoms with Gasteiger partial charge in [-0.3, -0.25) is 0 Å². The highest BCUT2D eigenvalue weighted by molar-refractivity contribution is 6.03. The second-order valence-electron chi connectivity index (χ2n) is 12.7. The largest absolute Gasteiger partial charge is 0.478 e. The quantitative estimate of drug-likeness (QED) is 0.0422. The molecule has 0 atom stereocenters. The van der Waals surface area contributed by atoms with Gasteiger partial charge in [-0.25, -0.2) is 28.8 Å². The molecule has 59 heavy (non-hydrogen) atoms. The van der Waals surface area contributed by atoms with Crippen LogP contribution in [0.5, 0.6) is 17.2 Å². The number of rotatable bonds is 16. The molecule has 0 saturated heterocycles. The number of ether oxygens (including phenoxy) is 3. The van der Waals surface area contributed by atoms with Gasteiger partial charge in [-0.2, -0.15) is 0 Å². The van der Waals surface area contributed by atoms with Gasteiger partial charge in [0.25, 0.3) is 0 Å². The average Bonchev–Trinajstić information content (AvgIpc) is 3.22. The van der Waals surface area contributed by atoms with E-state index in [9.17, 15) is 59.4 Å². The maximum atomic E-state index is 12.5. The van der Waals surface area contributed by atoms with Crippen molar-refractivity contribution in [1.29, 1.82) is 0 Å². The maximum Gasteiger partial charge on any atom is 0.436 e. The Morgan fingerprint density at radius 3 is 0.780 bits per heavy atom. The Balaban J connectivity index is 1.83. The van der Waals surface area contributed by atoms with Crippen LogP contribution in [0.2, 0.25) is 0 Å². The van der Waals surface area contributed by atoms with Crippen LogP contribution >= 0.6 is 0 Å². The second-order valence-corrected chi connectivity index (χ2v) is 12.7. The topological polar surface area (TPSA) is 251 Å². The molecule has 0 fully saturated rings. The van der Waals surface area contributed by atoms with Crippen molar-refractivity contribution in [1.82, 2.24) is 0 Å². The molecule has 0 aromatic heterocycles. The molecule has 0 bridgehead atoms. The van der Waals surface area contributed by atoms with Gasteiger partial charge in [0, 0.05) is 0 Å². The van der Waals surface area contributed by atoms with Gasteiger partial charge in [-0.1, -0.05) is 91.0 Å². The van der Waals surface area contributed by atoms with E-state index in [-0.39, 0.29) is 0 Å². The summed E-state index contributed by atoms with van der Waals surface area (Å²) in [5.74, 6) is -13.8. The molecule has 0 heterocycles. The van der Waals surface area contributed by atoms with Crippen molar-refractivity contribution in [3.05, 3.63) is 196 Å². The predicted octanol–water partition coefficient (Wildman–Crippen LogP) is 7.10. The fraction of sp³-hybridized carbons (Fsp3) is 0.0455. The molecule has 6 rings (SSSR count). The SMILES string of the molecule is O=C(O)c1ccc(OC(Oc2ccc(C(=O)O)c(C(=O)O)c2)(Oc2ccc(C(=O)O)c(C(=O)O)c2)C(c2ccccc2)(c2ccccc2)c2ccccc2)cc1C(=O)O. The third-order valence-electron chi connectivity index (χ3n) is 9.19. The lowest BCUT2D eigenvalue weighted by Gasteiger charge is -2.48. The van der Waals surface area contributed by atoms with Gasteiger partial charge in [0.1, 0.15) is 17.2 Å². The first-order chi connectivity index (χ1) is 28.2. The normalized spacial score (nSPS) is 11.2. The van der Waals surface area contributed by atoms with E-state index in [1.165, 1.54) is 0 Å².